The molecule has 1 unspecified atom stereocenters. The van der Waals surface area contributed by atoms with Crippen LogP contribution in [0, 0.1) is 11.3 Å². The number of thiophene rings is 1. The van der Waals surface area contributed by atoms with Crippen LogP contribution < -0.4 is 5.32 Å². The molecule has 3 aromatic carbocycles. The molecular formula is C38H33ClN2O4S. The molecule has 1 amide bonds. The third-order valence-corrected chi connectivity index (χ3v) is 9.43. The Balaban J connectivity index is 1.31. The van der Waals surface area contributed by atoms with E-state index < -0.39 is 18.5 Å². The molecule has 0 radical (unpaired) electrons. The molecular weight excluding hydrogens is 616 g/mol. The number of ether oxygens (including phenoxy) is 1. The number of hydrogen-bond donors (Lipinski definition) is 1. The van der Waals surface area contributed by atoms with Gasteiger partial charge in [-0.15, -0.1) is 11.3 Å². The normalized spacial score (nSPS) is 15.4. The fourth-order valence-corrected chi connectivity index (χ4v) is 6.72. The average molecular weight is 649 g/mol. The number of carbonyl (C=O) groups is 3. The summed E-state index contributed by atoms with van der Waals surface area (Å²) in [6.07, 6.45) is 3.67. The molecule has 1 N–H and O–H groups in total. The molecule has 6 rings (SSSR count). The Morgan fingerprint density at radius 3 is 2.48 bits per heavy atom. The highest BCUT2D eigenvalue weighted by Crippen LogP contribution is 2.45. The van der Waals surface area contributed by atoms with Crippen LogP contribution in [0.15, 0.2) is 90.3 Å². The second kappa shape index (κ2) is 13.0. The number of ketones is 1. The van der Waals surface area contributed by atoms with Gasteiger partial charge in [0, 0.05) is 26.4 Å². The zero-order valence-electron chi connectivity index (χ0n) is 25.8. The maximum absolute atomic E-state index is 14.0. The zero-order valence-corrected chi connectivity index (χ0v) is 27.4. The number of hydrogen-bond acceptors (Lipinski definition) is 6. The number of amides is 1. The van der Waals surface area contributed by atoms with Gasteiger partial charge in [-0.25, -0.2) is 9.78 Å². The van der Waals surface area contributed by atoms with Crippen molar-refractivity contribution in [1.82, 2.24) is 4.98 Å². The lowest BCUT2D eigenvalue weighted by molar-refractivity contribution is -0.119. The molecule has 1 aliphatic carbocycles. The van der Waals surface area contributed by atoms with Crippen molar-refractivity contribution < 1.29 is 19.1 Å². The van der Waals surface area contributed by atoms with Gasteiger partial charge >= 0.3 is 5.97 Å². The average Bonchev–Trinajstić information content (AvgIpc) is 3.56. The van der Waals surface area contributed by atoms with E-state index in [-0.39, 0.29) is 28.4 Å². The molecule has 6 nitrogen and oxygen atoms in total. The Kier molecular flexibility index (Phi) is 8.89. The summed E-state index contributed by atoms with van der Waals surface area (Å²) in [4.78, 5) is 46.5. The smallest absolute Gasteiger partial charge is 0.339 e. The first-order valence-electron chi connectivity index (χ1n) is 15.1. The quantitative estimate of drug-likeness (QED) is 0.141. The van der Waals surface area contributed by atoms with Gasteiger partial charge in [-0.3, -0.25) is 9.59 Å². The second-order valence-corrected chi connectivity index (χ2v) is 13.9. The van der Waals surface area contributed by atoms with Crippen LogP contribution in [0.4, 0.5) is 5.69 Å². The lowest BCUT2D eigenvalue weighted by atomic mass is 9.69. The van der Waals surface area contributed by atoms with Gasteiger partial charge in [0.05, 0.1) is 22.5 Å². The predicted octanol–water partition coefficient (Wildman–Crippen LogP) is 9.13. The SMILES string of the molecule is CC(C)(C)C1CC(=Cc2cccs2)c2nc3ccccc3c(C(=O)OCC(=O)Nc3ccc(Cl)cc3C(=O)c3ccccc3)c2C1. The summed E-state index contributed by atoms with van der Waals surface area (Å²) >= 11 is 7.87. The highest BCUT2D eigenvalue weighted by molar-refractivity contribution is 7.10. The Labute approximate surface area is 277 Å². The predicted molar refractivity (Wildman–Crippen MR) is 185 cm³/mol. The molecule has 0 saturated carbocycles. The fraction of sp³-hybridized carbons (Fsp3) is 0.211. The minimum absolute atomic E-state index is 0.0214. The third-order valence-electron chi connectivity index (χ3n) is 8.37. The van der Waals surface area contributed by atoms with E-state index in [0.29, 0.717) is 33.5 Å². The number of benzene rings is 3. The minimum atomic E-state index is -0.591. The number of para-hydroxylation sites is 1. The molecule has 0 spiro atoms. The van der Waals surface area contributed by atoms with Gasteiger partial charge in [-0.1, -0.05) is 87.0 Å². The van der Waals surface area contributed by atoms with Crippen LogP contribution in [-0.2, 0) is 16.0 Å². The van der Waals surface area contributed by atoms with Crippen LogP contribution in [0.1, 0.15) is 69.6 Å². The summed E-state index contributed by atoms with van der Waals surface area (Å²) in [6, 6.07) is 25.0. The number of pyridine rings is 1. The van der Waals surface area contributed by atoms with E-state index in [1.54, 1.807) is 47.7 Å². The minimum Gasteiger partial charge on any atom is -0.452 e. The number of halogens is 1. The van der Waals surface area contributed by atoms with Crippen molar-refractivity contribution in [3.05, 3.63) is 128 Å². The number of nitrogens with zero attached hydrogens (tertiary/aromatic N) is 1. The van der Waals surface area contributed by atoms with Crippen LogP contribution >= 0.6 is 22.9 Å². The van der Waals surface area contributed by atoms with Crippen LogP contribution in [0.3, 0.4) is 0 Å². The van der Waals surface area contributed by atoms with E-state index in [1.165, 1.54) is 6.07 Å². The van der Waals surface area contributed by atoms with Crippen LogP contribution in [0.2, 0.25) is 5.02 Å². The van der Waals surface area contributed by atoms with Crippen molar-refractivity contribution in [1.29, 1.82) is 0 Å². The topological polar surface area (TPSA) is 85.4 Å². The number of anilines is 1. The van der Waals surface area contributed by atoms with Crippen molar-refractivity contribution >= 4 is 68.8 Å². The Morgan fingerprint density at radius 1 is 0.978 bits per heavy atom. The molecule has 0 bridgehead atoms. The lowest BCUT2D eigenvalue weighted by Gasteiger charge is -2.36. The zero-order chi connectivity index (χ0) is 32.4. The highest BCUT2D eigenvalue weighted by atomic mass is 35.5. The molecule has 1 aliphatic rings. The summed E-state index contributed by atoms with van der Waals surface area (Å²) in [6.45, 7) is 6.12. The summed E-state index contributed by atoms with van der Waals surface area (Å²) in [7, 11) is 0. The van der Waals surface area contributed by atoms with E-state index in [4.69, 9.17) is 21.3 Å². The van der Waals surface area contributed by atoms with E-state index in [2.05, 4.69) is 38.2 Å². The second-order valence-electron chi connectivity index (χ2n) is 12.5. The molecule has 46 heavy (non-hydrogen) atoms. The summed E-state index contributed by atoms with van der Waals surface area (Å²) in [5, 5.41) is 5.83. The fourth-order valence-electron chi connectivity index (χ4n) is 5.86. The summed E-state index contributed by atoms with van der Waals surface area (Å²) in [5.41, 5.74) is 4.81. The molecule has 0 saturated heterocycles. The standard InChI is InChI=1S/C38H33ClN2O4S/c1-38(2,3)25-18-24(19-27-12-9-17-46-27)35-30(20-25)34(28-13-7-8-14-31(28)41-35)37(44)45-22-33(42)40-32-16-15-26(39)21-29(32)36(43)23-10-5-4-6-11-23/h4-17,19,21,25H,18,20,22H2,1-3H3,(H,40,42). The largest absolute Gasteiger partial charge is 0.452 e. The van der Waals surface area contributed by atoms with Gasteiger partial charge in [0.1, 0.15) is 0 Å². The number of rotatable bonds is 7. The lowest BCUT2D eigenvalue weighted by Crippen LogP contribution is -2.29. The number of carbonyl (C=O) groups excluding carboxylic acids is 3. The molecule has 1 atom stereocenters. The Morgan fingerprint density at radius 2 is 1.74 bits per heavy atom. The van der Waals surface area contributed by atoms with Gasteiger partial charge in [-0.2, -0.15) is 0 Å². The third kappa shape index (κ3) is 6.66. The van der Waals surface area contributed by atoms with Gasteiger partial charge in [0.2, 0.25) is 0 Å². The molecule has 232 valence electrons. The maximum atomic E-state index is 14.0. The van der Waals surface area contributed by atoms with Crippen molar-refractivity contribution in [2.24, 2.45) is 11.3 Å². The van der Waals surface area contributed by atoms with E-state index >= 15 is 0 Å². The summed E-state index contributed by atoms with van der Waals surface area (Å²) < 4.78 is 5.70. The summed E-state index contributed by atoms with van der Waals surface area (Å²) in [5.74, 6) is -1.19. The monoisotopic (exact) mass is 648 g/mol. The van der Waals surface area contributed by atoms with E-state index in [1.807, 2.05) is 41.8 Å². The van der Waals surface area contributed by atoms with E-state index in [9.17, 15) is 14.4 Å². The molecule has 2 heterocycles. The first-order valence-corrected chi connectivity index (χ1v) is 16.4. The Hall–Kier alpha value is -4.59. The van der Waals surface area contributed by atoms with Gasteiger partial charge in [-0.05, 0) is 77.1 Å². The number of esters is 1. The van der Waals surface area contributed by atoms with Crippen molar-refractivity contribution in [3.8, 4) is 0 Å². The first-order chi connectivity index (χ1) is 22.1. The number of allylic oxidation sites excluding steroid dienone is 1. The van der Waals surface area contributed by atoms with Crippen LogP contribution in [0.25, 0.3) is 22.6 Å². The molecule has 5 aromatic rings. The van der Waals surface area contributed by atoms with Gasteiger partial charge < -0.3 is 10.1 Å². The molecule has 0 fully saturated rings. The number of nitrogens with one attached hydrogen (secondary N) is 1. The van der Waals surface area contributed by atoms with Gasteiger partial charge in [0.25, 0.3) is 5.91 Å². The van der Waals surface area contributed by atoms with Crippen LogP contribution in [0.5, 0.6) is 0 Å². The van der Waals surface area contributed by atoms with Gasteiger partial charge in [0.15, 0.2) is 12.4 Å². The van der Waals surface area contributed by atoms with Crippen molar-refractivity contribution in [2.75, 3.05) is 11.9 Å². The molecule has 8 heteroatoms. The first kappa shape index (κ1) is 31.4. The number of aromatic nitrogens is 1. The Bertz CT molecular complexity index is 1980. The molecule has 2 aromatic heterocycles. The van der Waals surface area contributed by atoms with Crippen LogP contribution in [-0.4, -0.2) is 29.3 Å². The number of fused-ring (bicyclic) bond motifs is 2. The van der Waals surface area contributed by atoms with Crippen molar-refractivity contribution in [2.45, 2.75) is 33.6 Å². The molecule has 0 aliphatic heterocycles. The maximum Gasteiger partial charge on any atom is 0.339 e. The van der Waals surface area contributed by atoms with Crippen molar-refractivity contribution in [3.63, 3.8) is 0 Å². The highest BCUT2D eigenvalue weighted by Gasteiger charge is 2.35. The van der Waals surface area contributed by atoms with E-state index in [0.717, 1.165) is 28.1 Å².